The predicted molar refractivity (Wildman–Crippen MR) is 74.0 cm³/mol. The zero-order chi connectivity index (χ0) is 13.1. The molecule has 2 aliphatic heterocycles. The van der Waals surface area contributed by atoms with Crippen molar-refractivity contribution in [1.29, 1.82) is 0 Å². The Morgan fingerprint density at radius 3 is 2.89 bits per heavy atom. The molecule has 102 valence electrons. The van der Waals surface area contributed by atoms with Gasteiger partial charge >= 0.3 is 0 Å². The Hall–Kier alpha value is -1.19. The van der Waals surface area contributed by atoms with Gasteiger partial charge < -0.3 is 9.53 Å². The summed E-state index contributed by atoms with van der Waals surface area (Å²) in [7, 11) is 0. The summed E-state index contributed by atoms with van der Waals surface area (Å²) in [5.41, 5.74) is 2.62. The molecule has 0 aliphatic carbocycles. The molecule has 0 saturated carbocycles. The first-order valence-electron chi connectivity index (χ1n) is 7.15. The fourth-order valence-electron chi connectivity index (χ4n) is 3.23. The van der Waals surface area contributed by atoms with E-state index in [0.717, 1.165) is 45.4 Å². The maximum atomic E-state index is 11.4. The Kier molecular flexibility index (Phi) is 3.67. The second-order valence-electron chi connectivity index (χ2n) is 5.87. The Balaban J connectivity index is 1.74. The average Bonchev–Trinajstić information content (AvgIpc) is 2.80. The fourth-order valence-corrected chi connectivity index (χ4v) is 3.23. The van der Waals surface area contributed by atoms with E-state index in [9.17, 15) is 4.79 Å². The summed E-state index contributed by atoms with van der Waals surface area (Å²) in [4.78, 5) is 13.9. The van der Waals surface area contributed by atoms with Gasteiger partial charge in [0.05, 0.1) is 12.0 Å². The topological polar surface area (TPSA) is 29.5 Å². The summed E-state index contributed by atoms with van der Waals surface area (Å²) in [5.74, 6) is 0. The second kappa shape index (κ2) is 5.43. The summed E-state index contributed by atoms with van der Waals surface area (Å²) in [5, 5.41) is 0. The van der Waals surface area contributed by atoms with Gasteiger partial charge in [-0.2, -0.15) is 0 Å². The van der Waals surface area contributed by atoms with Crippen LogP contribution in [0.1, 0.15) is 24.0 Å². The van der Waals surface area contributed by atoms with Crippen LogP contribution in [0.15, 0.2) is 24.3 Å². The van der Waals surface area contributed by atoms with Crippen molar-refractivity contribution >= 4 is 6.29 Å². The van der Waals surface area contributed by atoms with Gasteiger partial charge in [0.2, 0.25) is 0 Å². The summed E-state index contributed by atoms with van der Waals surface area (Å²) in [6.07, 6.45) is 4.31. The molecule has 2 aliphatic rings. The Morgan fingerprint density at radius 2 is 2.16 bits per heavy atom. The minimum absolute atomic E-state index is 0.265. The van der Waals surface area contributed by atoms with Gasteiger partial charge in [0.1, 0.15) is 6.29 Å². The zero-order valence-electron chi connectivity index (χ0n) is 11.3. The smallest absolute Gasteiger partial charge is 0.129 e. The van der Waals surface area contributed by atoms with Gasteiger partial charge in [-0.25, -0.2) is 0 Å². The van der Waals surface area contributed by atoms with Crippen LogP contribution in [0.3, 0.4) is 0 Å². The molecule has 19 heavy (non-hydrogen) atoms. The number of fused-ring (bicyclic) bond motifs is 1. The van der Waals surface area contributed by atoms with Crippen LogP contribution >= 0.6 is 0 Å². The first kappa shape index (κ1) is 12.8. The van der Waals surface area contributed by atoms with Crippen LogP contribution in [-0.4, -0.2) is 37.5 Å². The largest absolute Gasteiger partial charge is 0.380 e. The molecule has 1 saturated heterocycles. The van der Waals surface area contributed by atoms with Crippen molar-refractivity contribution in [2.45, 2.75) is 25.8 Å². The third-order valence-electron chi connectivity index (χ3n) is 4.36. The molecule has 0 bridgehead atoms. The third-order valence-corrected chi connectivity index (χ3v) is 4.36. The lowest BCUT2D eigenvalue weighted by molar-refractivity contribution is -0.117. The fraction of sp³-hybridized carbons (Fsp3) is 0.562. The molecule has 0 spiro atoms. The quantitative estimate of drug-likeness (QED) is 0.778. The van der Waals surface area contributed by atoms with Crippen LogP contribution in [-0.2, 0) is 22.5 Å². The van der Waals surface area contributed by atoms with Crippen LogP contribution in [0.4, 0.5) is 0 Å². The number of rotatable bonds is 3. The molecular weight excluding hydrogens is 238 g/mol. The maximum absolute atomic E-state index is 11.4. The normalized spacial score (nSPS) is 27.8. The number of hydrogen-bond donors (Lipinski definition) is 0. The lowest BCUT2D eigenvalue weighted by Gasteiger charge is -2.29. The molecule has 1 aromatic rings. The molecule has 3 nitrogen and oxygen atoms in total. The van der Waals surface area contributed by atoms with Crippen molar-refractivity contribution in [3.63, 3.8) is 0 Å². The van der Waals surface area contributed by atoms with Gasteiger partial charge in [0.25, 0.3) is 0 Å². The summed E-state index contributed by atoms with van der Waals surface area (Å²) >= 11 is 0. The van der Waals surface area contributed by atoms with E-state index < -0.39 is 0 Å². The Labute approximate surface area is 114 Å². The Bertz CT molecular complexity index is 452. The summed E-state index contributed by atoms with van der Waals surface area (Å²) < 4.78 is 5.44. The van der Waals surface area contributed by atoms with Gasteiger partial charge in [-0.15, -0.1) is 0 Å². The van der Waals surface area contributed by atoms with Gasteiger partial charge in [-0.3, -0.25) is 4.90 Å². The van der Waals surface area contributed by atoms with E-state index in [2.05, 4.69) is 29.2 Å². The first-order valence-corrected chi connectivity index (χ1v) is 7.15. The first-order chi connectivity index (χ1) is 9.31. The van der Waals surface area contributed by atoms with Crippen molar-refractivity contribution in [3.05, 3.63) is 35.4 Å². The van der Waals surface area contributed by atoms with Gasteiger partial charge in [0, 0.05) is 19.7 Å². The standard InChI is InChI=1S/C16H21NO2/c18-12-16(7-9-19-13-16)11-17-8-3-6-14-4-1-2-5-15(14)10-17/h1-2,4-5,12H,3,6-11,13H2. The number of hydrogen-bond acceptors (Lipinski definition) is 3. The number of ether oxygens (including phenoxy) is 1. The van der Waals surface area contributed by atoms with Crippen molar-refractivity contribution in [1.82, 2.24) is 4.90 Å². The summed E-state index contributed by atoms with van der Waals surface area (Å²) in [6, 6.07) is 8.67. The maximum Gasteiger partial charge on any atom is 0.129 e. The van der Waals surface area contributed by atoms with Crippen molar-refractivity contribution < 1.29 is 9.53 Å². The SMILES string of the molecule is O=CC1(CN2CCCc3ccccc3C2)CCOC1. The molecule has 0 amide bonds. The van der Waals surface area contributed by atoms with E-state index in [4.69, 9.17) is 4.74 Å². The van der Waals surface area contributed by atoms with Crippen molar-refractivity contribution in [3.8, 4) is 0 Å². The van der Waals surface area contributed by atoms with Crippen LogP contribution < -0.4 is 0 Å². The van der Waals surface area contributed by atoms with Crippen molar-refractivity contribution in [2.75, 3.05) is 26.3 Å². The number of nitrogens with zero attached hydrogens (tertiary/aromatic N) is 1. The lowest BCUT2D eigenvalue weighted by Crippen LogP contribution is -2.39. The highest BCUT2D eigenvalue weighted by Gasteiger charge is 2.36. The number of carbonyl (C=O) groups excluding carboxylic acids is 1. The van der Waals surface area contributed by atoms with E-state index in [1.54, 1.807) is 0 Å². The lowest BCUT2D eigenvalue weighted by atomic mass is 9.88. The van der Waals surface area contributed by atoms with Gasteiger partial charge in [-0.05, 0) is 36.9 Å². The van der Waals surface area contributed by atoms with Gasteiger partial charge in [-0.1, -0.05) is 24.3 Å². The number of aryl methyl sites for hydroxylation is 1. The predicted octanol–water partition coefficient (Wildman–Crippen LogP) is 2.04. The van der Waals surface area contributed by atoms with Crippen LogP contribution in [0.5, 0.6) is 0 Å². The molecular formula is C16H21NO2. The van der Waals surface area contributed by atoms with E-state index in [-0.39, 0.29) is 5.41 Å². The van der Waals surface area contributed by atoms with E-state index in [1.165, 1.54) is 17.5 Å². The second-order valence-corrected chi connectivity index (χ2v) is 5.87. The molecule has 0 aromatic heterocycles. The third kappa shape index (κ3) is 2.72. The molecule has 3 heteroatoms. The molecule has 1 fully saturated rings. The Morgan fingerprint density at radius 1 is 1.32 bits per heavy atom. The number of benzene rings is 1. The minimum Gasteiger partial charge on any atom is -0.380 e. The van der Waals surface area contributed by atoms with Gasteiger partial charge in [0.15, 0.2) is 0 Å². The molecule has 2 heterocycles. The van der Waals surface area contributed by atoms with E-state index in [1.807, 2.05) is 0 Å². The average molecular weight is 259 g/mol. The highest BCUT2D eigenvalue weighted by atomic mass is 16.5. The molecule has 1 aromatic carbocycles. The van der Waals surface area contributed by atoms with Crippen LogP contribution in [0.25, 0.3) is 0 Å². The zero-order valence-corrected chi connectivity index (χ0v) is 11.3. The number of carbonyl (C=O) groups is 1. The highest BCUT2D eigenvalue weighted by Crippen LogP contribution is 2.29. The molecule has 3 rings (SSSR count). The molecule has 1 unspecified atom stereocenters. The minimum atomic E-state index is -0.265. The van der Waals surface area contributed by atoms with Crippen molar-refractivity contribution in [2.24, 2.45) is 5.41 Å². The monoisotopic (exact) mass is 259 g/mol. The highest BCUT2D eigenvalue weighted by molar-refractivity contribution is 5.60. The van der Waals surface area contributed by atoms with E-state index >= 15 is 0 Å². The summed E-state index contributed by atoms with van der Waals surface area (Å²) in [6.45, 7) is 4.19. The molecule has 0 radical (unpaired) electrons. The molecule has 1 atom stereocenters. The number of aldehydes is 1. The van der Waals surface area contributed by atoms with Crippen LogP contribution in [0.2, 0.25) is 0 Å². The molecule has 0 N–H and O–H groups in total. The van der Waals surface area contributed by atoms with Crippen LogP contribution in [0, 0.1) is 5.41 Å². The van der Waals surface area contributed by atoms with E-state index in [0.29, 0.717) is 6.61 Å².